The van der Waals surface area contributed by atoms with Gasteiger partial charge in [0.1, 0.15) is 35.9 Å². The Balaban J connectivity index is 1.28. The van der Waals surface area contributed by atoms with E-state index in [4.69, 9.17) is 25.8 Å². The van der Waals surface area contributed by atoms with Crippen molar-refractivity contribution in [3.05, 3.63) is 64.3 Å². The maximum atomic E-state index is 12.6. The minimum atomic E-state index is -0.522. The van der Waals surface area contributed by atoms with Crippen LogP contribution in [-0.2, 0) is 11.3 Å². The fraction of sp³-hybridized carbons (Fsp3) is 0.379. The molecule has 0 aliphatic carbocycles. The molecule has 4 aromatic rings. The summed E-state index contributed by atoms with van der Waals surface area (Å²) in [7, 11) is 0. The van der Waals surface area contributed by atoms with Crippen LogP contribution in [0.25, 0.3) is 10.9 Å². The zero-order chi connectivity index (χ0) is 28.1. The predicted molar refractivity (Wildman–Crippen MR) is 157 cm³/mol. The zero-order valence-electron chi connectivity index (χ0n) is 22.7. The summed E-state index contributed by atoms with van der Waals surface area (Å²) < 4.78 is 17.7. The number of likely N-dealkylation sites (tertiary alicyclic amines) is 1. The van der Waals surface area contributed by atoms with Crippen LogP contribution >= 0.6 is 22.9 Å². The number of nitrogens with one attached hydrogen (secondary N) is 1. The highest BCUT2D eigenvalue weighted by atomic mass is 35.5. The summed E-state index contributed by atoms with van der Waals surface area (Å²) in [6.45, 7) is 7.74. The molecule has 1 fully saturated rings. The van der Waals surface area contributed by atoms with Crippen LogP contribution in [0.3, 0.4) is 0 Å². The molecular formula is C29H32ClN5O4S. The Morgan fingerprint density at radius 2 is 2.02 bits per heavy atom. The van der Waals surface area contributed by atoms with Crippen LogP contribution in [-0.4, -0.2) is 51.2 Å². The van der Waals surface area contributed by atoms with E-state index in [0.29, 0.717) is 48.6 Å². The largest absolute Gasteiger partial charge is 0.492 e. The minimum absolute atomic E-state index is 0.188. The normalized spacial score (nSPS) is 15.6. The number of ether oxygens (including phenoxy) is 3. The average Bonchev–Trinajstić information content (AvgIpc) is 3.44. The standard InChI is InChI=1S/C29H32ClN5O4S/c1-29(2,3)39-28(36)35-11-5-6-19(13-35)14-37-25-8-4-7-23-26(25)27(32-17-31-23)34-20-9-10-24(22(30)12-20)38-15-21-16-40-18-33-21/h4,7-10,12,16-19H,5-6,11,13-15H2,1-3H3,(H,31,32,34)/t19-/m1/s1. The number of carbonyl (C=O) groups excluding carboxylic acids is 1. The van der Waals surface area contributed by atoms with Gasteiger partial charge in [-0.1, -0.05) is 17.7 Å². The number of hydrogen-bond acceptors (Lipinski definition) is 9. The maximum absolute atomic E-state index is 12.6. The molecule has 0 bridgehead atoms. The summed E-state index contributed by atoms with van der Waals surface area (Å²) >= 11 is 8.03. The van der Waals surface area contributed by atoms with Crippen LogP contribution in [0.5, 0.6) is 11.5 Å². The Morgan fingerprint density at radius 3 is 2.80 bits per heavy atom. The summed E-state index contributed by atoms with van der Waals surface area (Å²) in [5, 5.41) is 6.54. The van der Waals surface area contributed by atoms with Crippen LogP contribution in [0, 0.1) is 5.92 Å². The lowest BCUT2D eigenvalue weighted by Gasteiger charge is -2.34. The fourth-order valence-corrected chi connectivity index (χ4v) is 5.27. The summed E-state index contributed by atoms with van der Waals surface area (Å²) in [5.41, 5.74) is 3.61. The number of rotatable bonds is 8. The smallest absolute Gasteiger partial charge is 0.410 e. The molecule has 0 spiro atoms. The first-order valence-corrected chi connectivity index (χ1v) is 14.5. The molecule has 9 nitrogen and oxygen atoms in total. The molecule has 0 unspecified atom stereocenters. The van der Waals surface area contributed by atoms with Crippen LogP contribution in [0.4, 0.5) is 16.3 Å². The third-order valence-electron chi connectivity index (χ3n) is 6.32. The molecule has 0 saturated carbocycles. The number of aromatic nitrogens is 3. The number of piperidine rings is 1. The Labute approximate surface area is 242 Å². The van der Waals surface area contributed by atoms with Crippen molar-refractivity contribution in [2.45, 2.75) is 45.8 Å². The van der Waals surface area contributed by atoms with Gasteiger partial charge in [0, 0.05) is 30.1 Å². The molecule has 40 heavy (non-hydrogen) atoms. The molecule has 1 atom stereocenters. The molecule has 0 radical (unpaired) electrons. The predicted octanol–water partition coefficient (Wildman–Crippen LogP) is 7.09. The van der Waals surface area contributed by atoms with E-state index in [9.17, 15) is 4.79 Å². The Kier molecular flexibility index (Phi) is 8.56. The van der Waals surface area contributed by atoms with Crippen LogP contribution in [0.2, 0.25) is 5.02 Å². The molecule has 11 heteroatoms. The van der Waals surface area contributed by atoms with Crippen molar-refractivity contribution >= 4 is 51.4 Å². The van der Waals surface area contributed by atoms with E-state index in [-0.39, 0.29) is 12.0 Å². The van der Waals surface area contributed by atoms with Crippen molar-refractivity contribution in [3.8, 4) is 11.5 Å². The van der Waals surface area contributed by atoms with Gasteiger partial charge >= 0.3 is 6.09 Å². The van der Waals surface area contributed by atoms with Crippen molar-refractivity contribution in [1.29, 1.82) is 0 Å². The summed E-state index contributed by atoms with van der Waals surface area (Å²) in [6.07, 6.45) is 3.12. The SMILES string of the molecule is CC(C)(C)OC(=O)N1CCC[C@@H](COc2cccc3ncnc(Nc4ccc(OCc5cscn5)c(Cl)c4)c23)C1. The van der Waals surface area contributed by atoms with E-state index in [0.717, 1.165) is 35.1 Å². The Hall–Kier alpha value is -3.63. The Morgan fingerprint density at radius 1 is 1.15 bits per heavy atom. The lowest BCUT2D eigenvalue weighted by atomic mass is 9.99. The molecule has 1 saturated heterocycles. The maximum Gasteiger partial charge on any atom is 0.410 e. The third-order valence-corrected chi connectivity index (χ3v) is 7.25. The quantitative estimate of drug-likeness (QED) is 0.235. The lowest BCUT2D eigenvalue weighted by Crippen LogP contribution is -2.44. The van der Waals surface area contributed by atoms with Gasteiger partial charge < -0.3 is 24.4 Å². The molecule has 2 aromatic heterocycles. The first kappa shape index (κ1) is 27.9. The van der Waals surface area contributed by atoms with Crippen molar-refractivity contribution in [3.63, 3.8) is 0 Å². The van der Waals surface area contributed by atoms with Gasteiger partial charge in [0.05, 0.1) is 33.7 Å². The number of thiazole rings is 1. The van der Waals surface area contributed by atoms with Crippen molar-refractivity contribution in [2.24, 2.45) is 5.92 Å². The highest BCUT2D eigenvalue weighted by molar-refractivity contribution is 7.07. The fourth-order valence-electron chi connectivity index (χ4n) is 4.49. The van der Waals surface area contributed by atoms with Crippen LogP contribution < -0.4 is 14.8 Å². The van der Waals surface area contributed by atoms with Gasteiger partial charge in [0.2, 0.25) is 0 Å². The topological polar surface area (TPSA) is 98.7 Å². The van der Waals surface area contributed by atoms with Gasteiger partial charge in [-0.15, -0.1) is 11.3 Å². The minimum Gasteiger partial charge on any atom is -0.492 e. The molecule has 210 valence electrons. The van der Waals surface area contributed by atoms with Crippen molar-refractivity contribution in [2.75, 3.05) is 25.0 Å². The highest BCUT2D eigenvalue weighted by Crippen LogP contribution is 2.34. The number of nitrogens with zero attached hydrogens (tertiary/aromatic N) is 4. The second-order valence-electron chi connectivity index (χ2n) is 10.7. The van der Waals surface area contributed by atoms with E-state index >= 15 is 0 Å². The van der Waals surface area contributed by atoms with Crippen molar-refractivity contribution in [1.82, 2.24) is 19.9 Å². The highest BCUT2D eigenvalue weighted by Gasteiger charge is 2.28. The number of hydrogen-bond donors (Lipinski definition) is 1. The van der Waals surface area contributed by atoms with Gasteiger partial charge in [0.15, 0.2) is 0 Å². The summed E-state index contributed by atoms with van der Waals surface area (Å²) in [6, 6.07) is 11.2. The van der Waals surface area contributed by atoms with Gasteiger partial charge in [-0.25, -0.2) is 19.7 Å². The van der Waals surface area contributed by atoms with Gasteiger partial charge in [-0.3, -0.25) is 0 Å². The first-order valence-electron chi connectivity index (χ1n) is 13.2. The Bertz CT molecular complexity index is 1460. The lowest BCUT2D eigenvalue weighted by molar-refractivity contribution is 0.0139. The summed E-state index contributed by atoms with van der Waals surface area (Å²) in [4.78, 5) is 27.5. The van der Waals surface area contributed by atoms with Crippen LogP contribution in [0.15, 0.2) is 53.6 Å². The molecule has 3 heterocycles. The van der Waals surface area contributed by atoms with Gasteiger partial charge in [0.25, 0.3) is 0 Å². The van der Waals surface area contributed by atoms with Crippen molar-refractivity contribution < 1.29 is 19.0 Å². The number of carbonyl (C=O) groups is 1. The second kappa shape index (κ2) is 12.3. The monoisotopic (exact) mass is 581 g/mol. The van der Waals surface area contributed by atoms with E-state index in [1.165, 1.54) is 17.7 Å². The van der Waals surface area contributed by atoms with E-state index in [1.807, 2.05) is 56.5 Å². The summed E-state index contributed by atoms with van der Waals surface area (Å²) in [5.74, 6) is 2.04. The third kappa shape index (κ3) is 7.11. The number of benzene rings is 2. The molecular weight excluding hydrogens is 550 g/mol. The zero-order valence-corrected chi connectivity index (χ0v) is 24.3. The van der Waals surface area contributed by atoms with Gasteiger partial charge in [-0.2, -0.15) is 0 Å². The van der Waals surface area contributed by atoms with Crippen LogP contribution in [0.1, 0.15) is 39.3 Å². The number of fused-ring (bicyclic) bond motifs is 1. The van der Waals surface area contributed by atoms with E-state index in [1.54, 1.807) is 16.5 Å². The number of anilines is 2. The molecule has 1 amide bonds. The van der Waals surface area contributed by atoms with E-state index in [2.05, 4.69) is 20.3 Å². The molecule has 2 aromatic carbocycles. The molecule has 1 aliphatic rings. The number of amides is 1. The van der Waals surface area contributed by atoms with Gasteiger partial charge in [-0.05, 0) is 63.9 Å². The number of halogens is 1. The van der Waals surface area contributed by atoms with E-state index < -0.39 is 5.60 Å². The second-order valence-corrected chi connectivity index (χ2v) is 11.8. The molecule has 5 rings (SSSR count). The molecule has 1 N–H and O–H groups in total. The average molecular weight is 582 g/mol. The molecule has 1 aliphatic heterocycles. The first-order chi connectivity index (χ1) is 19.2.